The second kappa shape index (κ2) is 6.24. The zero-order chi connectivity index (χ0) is 11.5. The summed E-state index contributed by atoms with van der Waals surface area (Å²) in [6.45, 7) is 2.89. The third-order valence-corrected chi connectivity index (χ3v) is 3.09. The Kier molecular flexibility index (Phi) is 5.25. The molecule has 1 amide bonds. The molecule has 1 aromatic carbocycles. The van der Waals surface area contributed by atoms with Gasteiger partial charge in [-0.05, 0) is 44.0 Å². The number of hydrogen-bond donors (Lipinski definition) is 2. The normalized spacial score (nSPS) is 18.6. The van der Waals surface area contributed by atoms with Gasteiger partial charge < -0.3 is 10.6 Å². The minimum absolute atomic E-state index is 0. The molecule has 0 aliphatic carbocycles. The Morgan fingerprint density at radius 1 is 1.53 bits per heavy atom. The van der Waals surface area contributed by atoms with Crippen molar-refractivity contribution in [3.63, 3.8) is 0 Å². The van der Waals surface area contributed by atoms with Crippen molar-refractivity contribution in [2.45, 2.75) is 25.8 Å². The van der Waals surface area contributed by atoms with Gasteiger partial charge in [0.2, 0.25) is 5.91 Å². The summed E-state index contributed by atoms with van der Waals surface area (Å²) >= 11 is 6.01. The maximum Gasteiger partial charge on any atom is 0.241 e. The molecule has 5 heteroatoms. The molecule has 0 aromatic heterocycles. The third-order valence-electron chi connectivity index (χ3n) is 2.76. The highest BCUT2D eigenvalue weighted by molar-refractivity contribution is 6.33. The quantitative estimate of drug-likeness (QED) is 0.871. The molecule has 1 heterocycles. The lowest BCUT2D eigenvalue weighted by Crippen LogP contribution is -2.35. The fourth-order valence-electron chi connectivity index (χ4n) is 1.86. The van der Waals surface area contributed by atoms with Gasteiger partial charge >= 0.3 is 0 Å². The lowest BCUT2D eigenvalue weighted by Gasteiger charge is -2.12. The van der Waals surface area contributed by atoms with Gasteiger partial charge in [-0.1, -0.05) is 17.7 Å². The van der Waals surface area contributed by atoms with Crippen LogP contribution in [0.4, 0.5) is 5.69 Å². The zero-order valence-corrected chi connectivity index (χ0v) is 11.2. The minimum atomic E-state index is -0.0726. The van der Waals surface area contributed by atoms with E-state index >= 15 is 0 Å². The molecule has 17 heavy (non-hydrogen) atoms. The van der Waals surface area contributed by atoms with Gasteiger partial charge in [-0.3, -0.25) is 4.79 Å². The van der Waals surface area contributed by atoms with Crippen LogP contribution >= 0.6 is 24.0 Å². The molecule has 1 fully saturated rings. The predicted octanol–water partition coefficient (Wildman–Crippen LogP) is 2.76. The van der Waals surface area contributed by atoms with E-state index in [1.807, 2.05) is 19.1 Å². The molecule has 2 N–H and O–H groups in total. The first-order valence-corrected chi connectivity index (χ1v) is 5.85. The van der Waals surface area contributed by atoms with Crippen molar-refractivity contribution in [2.75, 3.05) is 11.9 Å². The van der Waals surface area contributed by atoms with Crippen molar-refractivity contribution in [1.29, 1.82) is 0 Å². The number of halogens is 2. The second-order valence-corrected chi connectivity index (χ2v) is 4.53. The van der Waals surface area contributed by atoms with E-state index in [-0.39, 0.29) is 24.4 Å². The molecule has 1 aliphatic heterocycles. The summed E-state index contributed by atoms with van der Waals surface area (Å²) in [5.74, 6) is 0.00463. The fourth-order valence-corrected chi connectivity index (χ4v) is 2.03. The Morgan fingerprint density at radius 3 is 2.94 bits per heavy atom. The van der Waals surface area contributed by atoms with Gasteiger partial charge in [0.1, 0.15) is 0 Å². The zero-order valence-electron chi connectivity index (χ0n) is 9.63. The highest BCUT2D eigenvalue weighted by atomic mass is 35.5. The van der Waals surface area contributed by atoms with E-state index < -0.39 is 0 Å². The molecule has 1 atom stereocenters. The smallest absolute Gasteiger partial charge is 0.241 e. The standard InChI is InChI=1S/C12H15ClN2O.ClH/c1-8-4-5-9(13)11(7-8)15-12(16)10-3-2-6-14-10;/h4-5,7,10,14H,2-3,6H2,1H3,(H,15,16);1H. The van der Waals surface area contributed by atoms with Gasteiger partial charge in [-0.25, -0.2) is 0 Å². The molecule has 94 valence electrons. The Bertz CT molecular complexity index is 403. The minimum Gasteiger partial charge on any atom is -0.323 e. The van der Waals surface area contributed by atoms with Crippen LogP contribution in [-0.4, -0.2) is 18.5 Å². The number of carbonyl (C=O) groups excluding carboxylic acids is 1. The molecule has 2 rings (SSSR count). The summed E-state index contributed by atoms with van der Waals surface area (Å²) in [4.78, 5) is 11.8. The molecule has 0 spiro atoms. The van der Waals surface area contributed by atoms with Crippen molar-refractivity contribution in [3.8, 4) is 0 Å². The van der Waals surface area contributed by atoms with E-state index in [0.29, 0.717) is 10.7 Å². The lowest BCUT2D eigenvalue weighted by atomic mass is 10.2. The number of amides is 1. The molecule has 1 aliphatic rings. The van der Waals surface area contributed by atoms with Crippen LogP contribution in [0.2, 0.25) is 5.02 Å². The number of hydrogen-bond acceptors (Lipinski definition) is 2. The molecule has 1 saturated heterocycles. The maximum absolute atomic E-state index is 11.8. The van der Waals surface area contributed by atoms with Crippen LogP contribution in [0.15, 0.2) is 18.2 Å². The van der Waals surface area contributed by atoms with Crippen LogP contribution in [0.5, 0.6) is 0 Å². The van der Waals surface area contributed by atoms with Gasteiger partial charge in [0.05, 0.1) is 16.8 Å². The molecule has 1 unspecified atom stereocenters. The molecule has 3 nitrogen and oxygen atoms in total. The Labute approximate surface area is 112 Å². The van der Waals surface area contributed by atoms with E-state index in [9.17, 15) is 4.79 Å². The topological polar surface area (TPSA) is 41.1 Å². The van der Waals surface area contributed by atoms with Crippen molar-refractivity contribution in [2.24, 2.45) is 0 Å². The Balaban J connectivity index is 0.00000144. The van der Waals surface area contributed by atoms with Gasteiger partial charge in [0.15, 0.2) is 0 Å². The van der Waals surface area contributed by atoms with Crippen molar-refractivity contribution in [1.82, 2.24) is 5.32 Å². The Morgan fingerprint density at radius 2 is 2.29 bits per heavy atom. The van der Waals surface area contributed by atoms with Gasteiger partial charge in [-0.2, -0.15) is 0 Å². The molecule has 0 radical (unpaired) electrons. The summed E-state index contributed by atoms with van der Waals surface area (Å²) in [6.07, 6.45) is 1.95. The molecular weight excluding hydrogens is 259 g/mol. The fraction of sp³-hybridized carbons (Fsp3) is 0.417. The van der Waals surface area contributed by atoms with Crippen LogP contribution in [0.3, 0.4) is 0 Å². The van der Waals surface area contributed by atoms with E-state index in [1.54, 1.807) is 6.07 Å². The van der Waals surface area contributed by atoms with E-state index in [0.717, 1.165) is 24.9 Å². The van der Waals surface area contributed by atoms with Crippen LogP contribution in [0.1, 0.15) is 18.4 Å². The number of nitrogens with one attached hydrogen (secondary N) is 2. The largest absolute Gasteiger partial charge is 0.323 e. The van der Waals surface area contributed by atoms with Crippen LogP contribution in [0.25, 0.3) is 0 Å². The van der Waals surface area contributed by atoms with Crippen LogP contribution in [-0.2, 0) is 4.79 Å². The highest BCUT2D eigenvalue weighted by Crippen LogP contribution is 2.23. The number of anilines is 1. The average molecular weight is 275 g/mol. The number of rotatable bonds is 2. The first kappa shape index (κ1) is 14.3. The van der Waals surface area contributed by atoms with Gasteiger partial charge in [0, 0.05) is 0 Å². The highest BCUT2D eigenvalue weighted by Gasteiger charge is 2.22. The van der Waals surface area contributed by atoms with E-state index in [2.05, 4.69) is 10.6 Å². The van der Waals surface area contributed by atoms with Crippen LogP contribution < -0.4 is 10.6 Å². The van der Waals surface area contributed by atoms with Gasteiger partial charge in [0.25, 0.3) is 0 Å². The summed E-state index contributed by atoms with van der Waals surface area (Å²) in [7, 11) is 0. The average Bonchev–Trinajstić information content (AvgIpc) is 2.76. The predicted molar refractivity (Wildman–Crippen MR) is 73.1 cm³/mol. The van der Waals surface area contributed by atoms with Gasteiger partial charge in [-0.15, -0.1) is 12.4 Å². The first-order valence-electron chi connectivity index (χ1n) is 5.47. The molecular formula is C12H16Cl2N2O. The molecule has 0 saturated carbocycles. The Hall–Kier alpha value is -0.770. The second-order valence-electron chi connectivity index (χ2n) is 4.12. The number of aryl methyl sites for hydroxylation is 1. The van der Waals surface area contributed by atoms with Crippen molar-refractivity contribution >= 4 is 35.6 Å². The van der Waals surface area contributed by atoms with Crippen molar-refractivity contribution in [3.05, 3.63) is 28.8 Å². The lowest BCUT2D eigenvalue weighted by molar-refractivity contribution is -0.117. The number of carbonyl (C=O) groups is 1. The maximum atomic E-state index is 11.8. The number of benzene rings is 1. The summed E-state index contributed by atoms with van der Waals surface area (Å²) in [5, 5.41) is 6.60. The SMILES string of the molecule is Cc1ccc(Cl)c(NC(=O)C2CCCN2)c1.Cl. The van der Waals surface area contributed by atoms with Crippen LogP contribution in [0, 0.1) is 6.92 Å². The third kappa shape index (κ3) is 3.60. The van der Waals surface area contributed by atoms with Crippen molar-refractivity contribution < 1.29 is 4.79 Å². The van der Waals surface area contributed by atoms with E-state index in [4.69, 9.17) is 11.6 Å². The molecule has 0 bridgehead atoms. The molecule has 1 aromatic rings. The first-order chi connectivity index (χ1) is 7.66. The summed E-state index contributed by atoms with van der Waals surface area (Å²) in [5.41, 5.74) is 1.78. The van der Waals surface area contributed by atoms with E-state index in [1.165, 1.54) is 0 Å². The summed E-state index contributed by atoms with van der Waals surface area (Å²) < 4.78 is 0. The summed E-state index contributed by atoms with van der Waals surface area (Å²) in [6, 6.07) is 5.53. The monoisotopic (exact) mass is 274 g/mol.